The summed E-state index contributed by atoms with van der Waals surface area (Å²) in [4.78, 5) is 17.3. The first kappa shape index (κ1) is 28.7. The van der Waals surface area contributed by atoms with Crippen LogP contribution in [0.5, 0.6) is 0 Å². The van der Waals surface area contributed by atoms with Crippen LogP contribution in [0.3, 0.4) is 0 Å². The van der Waals surface area contributed by atoms with Crippen molar-refractivity contribution < 1.29 is 4.79 Å². The van der Waals surface area contributed by atoms with Crippen LogP contribution in [-0.2, 0) is 0 Å². The Hall–Kier alpha value is -3.87. The highest BCUT2D eigenvalue weighted by Crippen LogP contribution is 2.32. The molecule has 7 heteroatoms. The standard InChI is InChI=1S/C26H32N6O.C5H10/c1-7-15(2)12-27-26(33)21-13-32-24(18(21)5)25(28-14-29-32)31-23-11-20(9-8-16(23)3)19(6)30-22-10-17(22)4;1-3-5-4-2/h7-9,11,13-14,17,22,30H,6,10,12H2,1-5H3,(H,27,33)(H,28,29,31);3,5H,4H2,1-2H3/b15-7+;5-3-/t17?,22-;/m0./s1. The first-order valence-corrected chi connectivity index (χ1v) is 13.4. The molecule has 2 heterocycles. The molecule has 1 fully saturated rings. The van der Waals surface area contributed by atoms with Gasteiger partial charge in [-0.3, -0.25) is 4.79 Å². The van der Waals surface area contributed by atoms with Crippen LogP contribution in [0.15, 0.2) is 61.1 Å². The fourth-order valence-corrected chi connectivity index (χ4v) is 4.04. The summed E-state index contributed by atoms with van der Waals surface area (Å²) in [5.74, 6) is 1.23. The summed E-state index contributed by atoms with van der Waals surface area (Å²) < 4.78 is 1.70. The van der Waals surface area contributed by atoms with Gasteiger partial charge in [0.1, 0.15) is 11.8 Å². The Balaban J connectivity index is 0.000000732. The van der Waals surface area contributed by atoms with Crippen molar-refractivity contribution in [3.8, 4) is 0 Å². The molecule has 1 aromatic carbocycles. The van der Waals surface area contributed by atoms with Crippen LogP contribution in [0.25, 0.3) is 11.2 Å². The monoisotopic (exact) mass is 514 g/mol. The third-order valence-corrected chi connectivity index (χ3v) is 6.87. The molecule has 1 amide bonds. The number of hydrogen-bond acceptors (Lipinski definition) is 5. The number of aromatic nitrogens is 3. The molecule has 7 nitrogen and oxygen atoms in total. The molecule has 202 valence electrons. The third kappa shape index (κ3) is 7.12. The van der Waals surface area contributed by atoms with Crippen molar-refractivity contribution in [1.82, 2.24) is 25.2 Å². The molecule has 0 bridgehead atoms. The summed E-state index contributed by atoms with van der Waals surface area (Å²) in [5, 5.41) is 14.3. The number of fused-ring (bicyclic) bond motifs is 1. The summed E-state index contributed by atoms with van der Waals surface area (Å²) in [6, 6.07) is 6.76. The summed E-state index contributed by atoms with van der Waals surface area (Å²) in [6.45, 7) is 19.1. The number of benzene rings is 1. The van der Waals surface area contributed by atoms with Crippen molar-refractivity contribution in [2.45, 2.75) is 67.3 Å². The zero-order valence-corrected chi connectivity index (χ0v) is 23.9. The normalized spacial score (nSPS) is 16.7. The van der Waals surface area contributed by atoms with Crippen LogP contribution in [0.1, 0.15) is 74.5 Å². The first-order chi connectivity index (χ1) is 18.2. The van der Waals surface area contributed by atoms with Gasteiger partial charge in [0.2, 0.25) is 0 Å². The number of nitrogens with zero attached hydrogens (tertiary/aromatic N) is 3. The molecular weight excluding hydrogens is 472 g/mol. The second-order valence-electron chi connectivity index (χ2n) is 9.96. The van der Waals surface area contributed by atoms with Gasteiger partial charge < -0.3 is 16.0 Å². The van der Waals surface area contributed by atoms with Crippen molar-refractivity contribution in [2.75, 3.05) is 11.9 Å². The maximum absolute atomic E-state index is 12.8. The highest BCUT2D eigenvalue weighted by Gasteiger charge is 2.32. The number of allylic oxidation sites excluding steroid dienone is 3. The smallest absolute Gasteiger partial charge is 0.253 e. The van der Waals surface area contributed by atoms with Gasteiger partial charge in [0, 0.05) is 30.2 Å². The van der Waals surface area contributed by atoms with Crippen LogP contribution in [0, 0.1) is 19.8 Å². The highest BCUT2D eigenvalue weighted by atomic mass is 16.1. The minimum absolute atomic E-state index is 0.125. The number of carbonyl (C=O) groups excluding carboxylic acids is 1. The Morgan fingerprint density at radius 3 is 2.61 bits per heavy atom. The Bertz CT molecular complexity index is 1350. The van der Waals surface area contributed by atoms with Gasteiger partial charge in [0.15, 0.2) is 5.82 Å². The van der Waals surface area contributed by atoms with Crippen LogP contribution in [0.4, 0.5) is 11.5 Å². The summed E-state index contributed by atoms with van der Waals surface area (Å²) >= 11 is 0. The van der Waals surface area contributed by atoms with E-state index in [0.29, 0.717) is 29.9 Å². The number of nitrogens with one attached hydrogen (secondary N) is 3. The lowest BCUT2D eigenvalue weighted by atomic mass is 10.1. The largest absolute Gasteiger partial charge is 0.382 e. The van der Waals surface area contributed by atoms with Gasteiger partial charge >= 0.3 is 0 Å². The Kier molecular flexibility index (Phi) is 9.88. The van der Waals surface area contributed by atoms with Gasteiger partial charge in [0.25, 0.3) is 5.91 Å². The van der Waals surface area contributed by atoms with Crippen molar-refractivity contribution >= 4 is 28.6 Å². The zero-order valence-electron chi connectivity index (χ0n) is 23.9. The predicted octanol–water partition coefficient (Wildman–Crippen LogP) is 6.73. The molecule has 4 rings (SSSR count). The maximum Gasteiger partial charge on any atom is 0.253 e. The molecule has 2 atom stereocenters. The molecule has 0 spiro atoms. The second-order valence-corrected chi connectivity index (χ2v) is 9.96. The van der Waals surface area contributed by atoms with Gasteiger partial charge in [0.05, 0.1) is 5.56 Å². The van der Waals surface area contributed by atoms with E-state index in [1.54, 1.807) is 10.7 Å². The van der Waals surface area contributed by atoms with Gasteiger partial charge in [-0.05, 0) is 76.1 Å². The quantitative estimate of drug-likeness (QED) is 0.276. The maximum atomic E-state index is 12.8. The molecule has 1 saturated carbocycles. The molecule has 3 N–H and O–H groups in total. The number of hydrogen-bond donors (Lipinski definition) is 3. The molecular formula is C31H42N6O. The summed E-state index contributed by atoms with van der Waals surface area (Å²) in [6.07, 6.45) is 11.8. The van der Waals surface area contributed by atoms with E-state index in [1.807, 2.05) is 33.8 Å². The van der Waals surface area contributed by atoms with Gasteiger partial charge in [-0.15, -0.1) is 0 Å². The Morgan fingerprint density at radius 1 is 1.26 bits per heavy atom. The molecule has 0 radical (unpaired) electrons. The first-order valence-electron chi connectivity index (χ1n) is 13.4. The van der Waals surface area contributed by atoms with Crippen LogP contribution < -0.4 is 16.0 Å². The minimum atomic E-state index is -0.125. The molecule has 0 saturated heterocycles. The molecule has 1 aliphatic rings. The predicted molar refractivity (Wildman–Crippen MR) is 159 cm³/mol. The number of rotatable bonds is 9. The Morgan fingerprint density at radius 2 is 2.00 bits per heavy atom. The number of aryl methyl sites for hydroxylation is 2. The fraction of sp³-hybridized carbons (Fsp3) is 0.387. The topological polar surface area (TPSA) is 83.3 Å². The molecule has 2 aromatic heterocycles. The van der Waals surface area contributed by atoms with Gasteiger partial charge in [-0.2, -0.15) is 5.10 Å². The van der Waals surface area contributed by atoms with E-state index in [4.69, 9.17) is 0 Å². The van der Waals surface area contributed by atoms with Crippen molar-refractivity contribution in [3.05, 3.63) is 83.4 Å². The van der Waals surface area contributed by atoms with Crippen LogP contribution in [0.2, 0.25) is 0 Å². The fourth-order valence-electron chi connectivity index (χ4n) is 4.04. The average molecular weight is 515 g/mol. The van der Waals surface area contributed by atoms with E-state index in [1.165, 1.54) is 12.7 Å². The van der Waals surface area contributed by atoms with Crippen molar-refractivity contribution in [1.29, 1.82) is 0 Å². The molecule has 0 aliphatic heterocycles. The van der Waals surface area contributed by atoms with E-state index in [9.17, 15) is 4.79 Å². The zero-order chi connectivity index (χ0) is 27.8. The van der Waals surface area contributed by atoms with E-state index >= 15 is 0 Å². The third-order valence-electron chi connectivity index (χ3n) is 6.87. The Labute approximate surface area is 227 Å². The average Bonchev–Trinajstić information content (AvgIpc) is 3.49. The van der Waals surface area contributed by atoms with Crippen LogP contribution >= 0.6 is 0 Å². The summed E-state index contributed by atoms with van der Waals surface area (Å²) in [5.41, 5.74) is 7.30. The molecule has 3 aromatic rings. The minimum Gasteiger partial charge on any atom is -0.382 e. The highest BCUT2D eigenvalue weighted by molar-refractivity contribution is 5.99. The van der Waals surface area contributed by atoms with Crippen molar-refractivity contribution in [3.63, 3.8) is 0 Å². The lowest BCUT2D eigenvalue weighted by Gasteiger charge is -2.14. The number of amides is 1. The van der Waals surface area contributed by atoms with E-state index in [2.05, 4.69) is 83.7 Å². The van der Waals surface area contributed by atoms with Gasteiger partial charge in [-0.1, -0.05) is 56.4 Å². The molecule has 1 unspecified atom stereocenters. The van der Waals surface area contributed by atoms with E-state index in [0.717, 1.165) is 45.6 Å². The second kappa shape index (κ2) is 13.1. The van der Waals surface area contributed by atoms with E-state index in [-0.39, 0.29) is 5.91 Å². The van der Waals surface area contributed by atoms with Crippen molar-refractivity contribution in [2.24, 2.45) is 5.92 Å². The lowest BCUT2D eigenvalue weighted by molar-refractivity contribution is 0.0956. The SMILES string of the molecule is C/C=C\CC.C=C(N[C@H]1CC1C)c1ccc(C)c(Nc2ncnn3cc(C(=O)NC/C(C)=C/C)c(C)c23)c1. The number of anilines is 2. The number of carbonyl (C=O) groups is 1. The van der Waals surface area contributed by atoms with Crippen LogP contribution in [-0.4, -0.2) is 33.1 Å². The van der Waals surface area contributed by atoms with Gasteiger partial charge in [-0.25, -0.2) is 9.50 Å². The molecule has 38 heavy (non-hydrogen) atoms. The molecule has 1 aliphatic carbocycles. The lowest BCUT2D eigenvalue weighted by Crippen LogP contribution is -2.25. The summed E-state index contributed by atoms with van der Waals surface area (Å²) in [7, 11) is 0. The van der Waals surface area contributed by atoms with E-state index < -0.39 is 0 Å².